The molecule has 0 aromatic heterocycles. The van der Waals surface area contributed by atoms with Crippen LogP contribution in [-0.4, -0.2) is 18.8 Å². The van der Waals surface area contributed by atoms with Crippen LogP contribution >= 0.6 is 27.7 Å². The predicted octanol–water partition coefficient (Wildman–Crippen LogP) is 3.77. The SMILES string of the molecule is COc1ccc(N)c(SCC(=O)Nc2ccc(Br)cc2)c1. The number of methoxy groups -OCH3 is 1. The van der Waals surface area contributed by atoms with E-state index in [1.807, 2.05) is 30.3 Å². The Balaban J connectivity index is 1.93. The summed E-state index contributed by atoms with van der Waals surface area (Å²) >= 11 is 4.73. The van der Waals surface area contributed by atoms with Crippen molar-refractivity contribution in [1.82, 2.24) is 0 Å². The molecule has 0 aliphatic heterocycles. The highest BCUT2D eigenvalue weighted by Crippen LogP contribution is 2.29. The summed E-state index contributed by atoms with van der Waals surface area (Å²) in [6, 6.07) is 12.8. The third-order valence-corrected chi connectivity index (χ3v) is 4.31. The number of thioether (sulfide) groups is 1. The van der Waals surface area contributed by atoms with Crippen LogP contribution in [0.2, 0.25) is 0 Å². The second-order valence-corrected chi connectivity index (χ2v) is 6.18. The van der Waals surface area contributed by atoms with Gasteiger partial charge in [0.2, 0.25) is 5.91 Å². The Kier molecular flexibility index (Phi) is 5.52. The molecule has 4 nitrogen and oxygen atoms in total. The second-order valence-electron chi connectivity index (χ2n) is 4.25. The van der Waals surface area contributed by atoms with Gasteiger partial charge in [0.15, 0.2) is 0 Å². The highest BCUT2D eigenvalue weighted by Gasteiger charge is 2.07. The number of nitrogens with one attached hydrogen (secondary N) is 1. The molecule has 1 amide bonds. The lowest BCUT2D eigenvalue weighted by Gasteiger charge is -2.08. The van der Waals surface area contributed by atoms with Gasteiger partial charge in [0.25, 0.3) is 0 Å². The van der Waals surface area contributed by atoms with Crippen LogP contribution < -0.4 is 15.8 Å². The van der Waals surface area contributed by atoms with Gasteiger partial charge in [0, 0.05) is 20.7 Å². The molecule has 6 heteroatoms. The quantitative estimate of drug-likeness (QED) is 0.624. The zero-order valence-corrected chi connectivity index (χ0v) is 13.8. The number of hydrogen-bond acceptors (Lipinski definition) is 4. The molecule has 0 radical (unpaired) electrons. The topological polar surface area (TPSA) is 64.3 Å². The van der Waals surface area contributed by atoms with Crippen LogP contribution in [0.1, 0.15) is 0 Å². The summed E-state index contributed by atoms with van der Waals surface area (Å²) in [7, 11) is 1.60. The largest absolute Gasteiger partial charge is 0.497 e. The molecule has 0 fully saturated rings. The Labute approximate surface area is 136 Å². The number of amides is 1. The molecule has 0 atom stereocenters. The van der Waals surface area contributed by atoms with Crippen molar-refractivity contribution in [2.24, 2.45) is 0 Å². The van der Waals surface area contributed by atoms with Crippen molar-refractivity contribution in [3.63, 3.8) is 0 Å². The van der Waals surface area contributed by atoms with Crippen LogP contribution in [0.4, 0.5) is 11.4 Å². The van der Waals surface area contributed by atoms with Gasteiger partial charge in [-0.05, 0) is 42.5 Å². The van der Waals surface area contributed by atoms with Crippen molar-refractivity contribution in [2.45, 2.75) is 4.90 Å². The first-order valence-electron chi connectivity index (χ1n) is 6.20. The summed E-state index contributed by atoms with van der Waals surface area (Å²) < 4.78 is 6.12. The van der Waals surface area contributed by atoms with Crippen LogP contribution in [0.3, 0.4) is 0 Å². The lowest BCUT2D eigenvalue weighted by atomic mass is 10.3. The Hall–Kier alpha value is -1.66. The Morgan fingerprint density at radius 3 is 2.67 bits per heavy atom. The lowest BCUT2D eigenvalue weighted by Crippen LogP contribution is -2.14. The normalized spacial score (nSPS) is 10.2. The highest BCUT2D eigenvalue weighted by molar-refractivity contribution is 9.10. The number of carbonyl (C=O) groups is 1. The Morgan fingerprint density at radius 2 is 2.00 bits per heavy atom. The van der Waals surface area contributed by atoms with E-state index in [9.17, 15) is 4.79 Å². The van der Waals surface area contributed by atoms with Crippen LogP contribution in [0.5, 0.6) is 5.75 Å². The van der Waals surface area contributed by atoms with Gasteiger partial charge in [-0.3, -0.25) is 4.79 Å². The standard InChI is InChI=1S/C15H15BrN2O2S/c1-20-12-6-7-13(17)14(8-12)21-9-15(19)18-11-4-2-10(16)3-5-11/h2-8H,9,17H2,1H3,(H,18,19). The third-order valence-electron chi connectivity index (χ3n) is 2.71. The fourth-order valence-corrected chi connectivity index (χ4v) is 2.70. The van der Waals surface area contributed by atoms with E-state index < -0.39 is 0 Å². The maximum Gasteiger partial charge on any atom is 0.234 e. The number of rotatable bonds is 5. The molecule has 0 heterocycles. The third kappa shape index (κ3) is 4.68. The zero-order chi connectivity index (χ0) is 15.2. The molecule has 0 saturated carbocycles. The minimum atomic E-state index is -0.0791. The van der Waals surface area contributed by atoms with Gasteiger partial charge >= 0.3 is 0 Å². The van der Waals surface area contributed by atoms with Crippen molar-refractivity contribution >= 4 is 45.0 Å². The van der Waals surface area contributed by atoms with Gasteiger partial charge in [0.1, 0.15) is 5.75 Å². The van der Waals surface area contributed by atoms with E-state index >= 15 is 0 Å². The molecule has 2 rings (SSSR count). The summed E-state index contributed by atoms with van der Waals surface area (Å²) in [6.45, 7) is 0. The van der Waals surface area contributed by atoms with Gasteiger partial charge in [-0.1, -0.05) is 15.9 Å². The maximum atomic E-state index is 11.9. The molecule has 0 unspecified atom stereocenters. The van der Waals surface area contributed by atoms with E-state index in [0.29, 0.717) is 5.69 Å². The number of benzene rings is 2. The molecule has 21 heavy (non-hydrogen) atoms. The first-order chi connectivity index (χ1) is 10.1. The summed E-state index contributed by atoms with van der Waals surface area (Å²) in [5.41, 5.74) is 7.29. The number of hydrogen-bond donors (Lipinski definition) is 2. The average molecular weight is 367 g/mol. The fourth-order valence-electron chi connectivity index (χ4n) is 1.64. The van der Waals surface area contributed by atoms with Gasteiger partial charge in [-0.25, -0.2) is 0 Å². The van der Waals surface area contributed by atoms with Crippen LogP contribution in [0, 0.1) is 0 Å². The Bertz CT molecular complexity index is 632. The minimum absolute atomic E-state index is 0.0791. The maximum absolute atomic E-state index is 11.9. The van der Waals surface area contributed by atoms with Crippen molar-refractivity contribution in [2.75, 3.05) is 23.9 Å². The van der Waals surface area contributed by atoms with Crippen LogP contribution in [0.15, 0.2) is 51.8 Å². The number of nitrogens with two attached hydrogens (primary N) is 1. The summed E-state index contributed by atoms with van der Waals surface area (Å²) in [6.07, 6.45) is 0. The average Bonchev–Trinajstić information content (AvgIpc) is 2.49. The van der Waals surface area contributed by atoms with Crippen molar-refractivity contribution in [1.29, 1.82) is 0 Å². The van der Waals surface area contributed by atoms with Crippen LogP contribution in [0.25, 0.3) is 0 Å². The van der Waals surface area contributed by atoms with E-state index in [1.54, 1.807) is 19.2 Å². The first-order valence-corrected chi connectivity index (χ1v) is 7.98. The lowest BCUT2D eigenvalue weighted by molar-refractivity contribution is -0.113. The molecule has 110 valence electrons. The minimum Gasteiger partial charge on any atom is -0.497 e. The summed E-state index contributed by atoms with van der Waals surface area (Å²) in [5, 5.41) is 2.83. The molecule has 3 N–H and O–H groups in total. The van der Waals surface area contributed by atoms with E-state index in [1.165, 1.54) is 11.8 Å². The van der Waals surface area contributed by atoms with Crippen LogP contribution in [-0.2, 0) is 4.79 Å². The number of nitrogen functional groups attached to an aromatic ring is 1. The fraction of sp³-hybridized carbons (Fsp3) is 0.133. The van der Waals surface area contributed by atoms with E-state index in [2.05, 4.69) is 21.2 Å². The number of halogens is 1. The van der Waals surface area contributed by atoms with Gasteiger partial charge in [-0.2, -0.15) is 0 Å². The van der Waals surface area contributed by atoms with Gasteiger partial charge < -0.3 is 15.8 Å². The molecule has 0 spiro atoms. The molecule has 0 bridgehead atoms. The predicted molar refractivity (Wildman–Crippen MR) is 90.9 cm³/mol. The van der Waals surface area contributed by atoms with Gasteiger partial charge in [-0.15, -0.1) is 11.8 Å². The molecule has 0 saturated heterocycles. The number of ether oxygens (including phenoxy) is 1. The van der Waals surface area contributed by atoms with Crippen molar-refractivity contribution in [3.8, 4) is 5.75 Å². The number of carbonyl (C=O) groups excluding carboxylic acids is 1. The van der Waals surface area contributed by atoms with Crippen molar-refractivity contribution < 1.29 is 9.53 Å². The monoisotopic (exact) mass is 366 g/mol. The zero-order valence-electron chi connectivity index (χ0n) is 11.4. The van der Waals surface area contributed by atoms with E-state index in [0.717, 1.165) is 20.8 Å². The second kappa shape index (κ2) is 7.38. The first kappa shape index (κ1) is 15.7. The van der Waals surface area contributed by atoms with E-state index in [-0.39, 0.29) is 11.7 Å². The summed E-state index contributed by atoms with van der Waals surface area (Å²) in [4.78, 5) is 12.8. The molecular formula is C15H15BrN2O2S. The number of anilines is 2. The molecular weight excluding hydrogens is 352 g/mol. The summed E-state index contributed by atoms with van der Waals surface area (Å²) in [5.74, 6) is 0.928. The Morgan fingerprint density at radius 1 is 1.29 bits per heavy atom. The molecule has 0 aliphatic rings. The van der Waals surface area contributed by atoms with Gasteiger partial charge in [0.05, 0.1) is 12.9 Å². The smallest absolute Gasteiger partial charge is 0.234 e. The van der Waals surface area contributed by atoms with E-state index in [4.69, 9.17) is 10.5 Å². The molecule has 2 aromatic carbocycles. The molecule has 0 aliphatic carbocycles. The molecule has 2 aromatic rings. The van der Waals surface area contributed by atoms with Crippen molar-refractivity contribution in [3.05, 3.63) is 46.9 Å². The highest BCUT2D eigenvalue weighted by atomic mass is 79.9.